The van der Waals surface area contributed by atoms with E-state index in [9.17, 15) is 9.59 Å². The number of rotatable bonds is 8. The molecule has 1 atom stereocenters. The molecule has 0 unspecified atom stereocenters. The topological polar surface area (TPSA) is 77.1 Å². The van der Waals surface area contributed by atoms with Gasteiger partial charge in [0.2, 0.25) is 11.8 Å². The van der Waals surface area contributed by atoms with Gasteiger partial charge in [0.15, 0.2) is 11.5 Å². The van der Waals surface area contributed by atoms with E-state index in [1.165, 1.54) is 0 Å². The maximum Gasteiger partial charge on any atom is 0.249 e. The summed E-state index contributed by atoms with van der Waals surface area (Å²) in [6, 6.07) is 14.7. The molecule has 7 nitrogen and oxygen atoms in total. The van der Waals surface area contributed by atoms with Crippen molar-refractivity contribution in [3.8, 4) is 11.5 Å². The Morgan fingerprint density at radius 1 is 1.10 bits per heavy atom. The van der Waals surface area contributed by atoms with E-state index in [0.29, 0.717) is 31.0 Å². The first kappa shape index (κ1) is 20.7. The van der Waals surface area contributed by atoms with Gasteiger partial charge in [0.05, 0.1) is 20.8 Å². The Hall–Kier alpha value is -3.06. The fourth-order valence-corrected chi connectivity index (χ4v) is 3.28. The van der Waals surface area contributed by atoms with Crippen LogP contribution in [0.2, 0.25) is 0 Å². The molecule has 1 saturated heterocycles. The van der Waals surface area contributed by atoms with Gasteiger partial charge in [-0.1, -0.05) is 36.4 Å². The molecule has 0 saturated carbocycles. The number of hydrogen-bond acceptors (Lipinski definition) is 5. The van der Waals surface area contributed by atoms with E-state index in [4.69, 9.17) is 14.2 Å². The third-order valence-corrected chi connectivity index (χ3v) is 4.86. The Balaban J connectivity index is 1.59. The molecule has 0 radical (unpaired) electrons. The summed E-state index contributed by atoms with van der Waals surface area (Å²) in [6.45, 7) is 1.03. The van der Waals surface area contributed by atoms with E-state index in [0.717, 1.165) is 11.1 Å². The molecule has 0 spiro atoms. The molecule has 2 aromatic rings. The zero-order valence-electron chi connectivity index (χ0n) is 16.7. The smallest absolute Gasteiger partial charge is 0.249 e. The first-order valence-electron chi connectivity index (χ1n) is 9.52. The molecule has 7 heteroatoms. The van der Waals surface area contributed by atoms with Gasteiger partial charge in [0.1, 0.15) is 12.6 Å². The van der Waals surface area contributed by atoms with Crippen LogP contribution in [0.3, 0.4) is 0 Å². The molecule has 0 bridgehead atoms. The normalized spacial score (nSPS) is 16.4. The van der Waals surface area contributed by atoms with Crippen molar-refractivity contribution in [3.63, 3.8) is 0 Å². The maximum absolute atomic E-state index is 12.7. The van der Waals surface area contributed by atoms with Gasteiger partial charge in [-0.05, 0) is 29.7 Å². The van der Waals surface area contributed by atoms with Crippen LogP contribution < -0.4 is 14.8 Å². The molecule has 1 aliphatic rings. The summed E-state index contributed by atoms with van der Waals surface area (Å²) in [4.78, 5) is 26.7. The number of methoxy groups -OCH3 is 2. The minimum atomic E-state index is -0.637. The second kappa shape index (κ2) is 9.93. The number of carbonyl (C=O) groups excluding carboxylic acids is 2. The number of nitrogens with one attached hydrogen (secondary N) is 1. The van der Waals surface area contributed by atoms with Gasteiger partial charge in [0.25, 0.3) is 0 Å². The lowest BCUT2D eigenvalue weighted by molar-refractivity contribution is -0.155. The standard InChI is InChI=1S/C22H26N2O5/c1-27-19-9-8-16(12-20(19)28-2)10-11-23-22(26)18-14-29-15-21(25)24(18)13-17-6-4-3-5-7-17/h3-9,12,18H,10-11,13-15H2,1-2H3,(H,23,26)/t18-/m1/s1. The van der Waals surface area contributed by atoms with Crippen LogP contribution in [-0.2, 0) is 27.3 Å². The van der Waals surface area contributed by atoms with Crippen LogP contribution in [0.1, 0.15) is 11.1 Å². The molecule has 154 valence electrons. The second-order valence-corrected chi connectivity index (χ2v) is 6.77. The molecule has 3 rings (SSSR count). The maximum atomic E-state index is 12.7. The predicted molar refractivity (Wildman–Crippen MR) is 108 cm³/mol. The number of amides is 2. The van der Waals surface area contributed by atoms with Crippen LogP contribution in [0.15, 0.2) is 48.5 Å². The van der Waals surface area contributed by atoms with E-state index >= 15 is 0 Å². The fraction of sp³-hybridized carbons (Fsp3) is 0.364. The number of morpholine rings is 1. The highest BCUT2D eigenvalue weighted by Gasteiger charge is 2.33. The van der Waals surface area contributed by atoms with Gasteiger partial charge in [0, 0.05) is 13.1 Å². The number of nitrogens with zero attached hydrogens (tertiary/aromatic N) is 1. The predicted octanol–water partition coefficient (Wildman–Crippen LogP) is 1.79. The molecule has 0 aromatic heterocycles. The highest BCUT2D eigenvalue weighted by Crippen LogP contribution is 2.27. The van der Waals surface area contributed by atoms with Crippen LogP contribution in [0.25, 0.3) is 0 Å². The molecule has 29 heavy (non-hydrogen) atoms. The van der Waals surface area contributed by atoms with Crippen LogP contribution in [0.5, 0.6) is 11.5 Å². The van der Waals surface area contributed by atoms with Crippen molar-refractivity contribution in [2.24, 2.45) is 0 Å². The minimum absolute atomic E-state index is 0.00224. The van der Waals surface area contributed by atoms with Gasteiger partial charge in [-0.15, -0.1) is 0 Å². The highest BCUT2D eigenvalue weighted by atomic mass is 16.5. The highest BCUT2D eigenvalue weighted by molar-refractivity contribution is 5.89. The van der Waals surface area contributed by atoms with Crippen molar-refractivity contribution in [1.82, 2.24) is 10.2 Å². The average Bonchev–Trinajstić information content (AvgIpc) is 2.75. The molecule has 1 aliphatic heterocycles. The summed E-state index contributed by atoms with van der Waals surface area (Å²) < 4.78 is 15.9. The van der Waals surface area contributed by atoms with E-state index in [-0.39, 0.29) is 25.0 Å². The number of hydrogen-bond donors (Lipinski definition) is 1. The van der Waals surface area contributed by atoms with Crippen molar-refractivity contribution >= 4 is 11.8 Å². The molecule has 0 aliphatic carbocycles. The Bertz CT molecular complexity index is 840. The zero-order chi connectivity index (χ0) is 20.6. The lowest BCUT2D eigenvalue weighted by atomic mass is 10.1. The van der Waals surface area contributed by atoms with Crippen molar-refractivity contribution < 1.29 is 23.8 Å². The SMILES string of the molecule is COc1ccc(CCNC(=O)[C@H]2COCC(=O)N2Cc2ccccc2)cc1OC. The Labute approximate surface area is 170 Å². The Morgan fingerprint density at radius 3 is 2.59 bits per heavy atom. The van der Waals surface area contributed by atoms with Crippen LogP contribution in [-0.4, -0.2) is 56.7 Å². The van der Waals surface area contributed by atoms with Crippen molar-refractivity contribution in [3.05, 3.63) is 59.7 Å². The van der Waals surface area contributed by atoms with Crippen molar-refractivity contribution in [2.75, 3.05) is 34.0 Å². The molecular formula is C22H26N2O5. The third-order valence-electron chi connectivity index (χ3n) is 4.86. The largest absolute Gasteiger partial charge is 0.493 e. The third kappa shape index (κ3) is 5.26. The van der Waals surface area contributed by atoms with Crippen LogP contribution in [0, 0.1) is 0 Å². The lowest BCUT2D eigenvalue weighted by Gasteiger charge is -2.34. The summed E-state index contributed by atoms with van der Waals surface area (Å²) in [5, 5.41) is 2.92. The number of benzene rings is 2. The molecular weight excluding hydrogens is 372 g/mol. The summed E-state index contributed by atoms with van der Waals surface area (Å²) in [5.41, 5.74) is 1.99. The number of ether oxygens (including phenoxy) is 3. The second-order valence-electron chi connectivity index (χ2n) is 6.77. The fourth-order valence-electron chi connectivity index (χ4n) is 3.28. The van der Waals surface area contributed by atoms with Gasteiger partial charge in [-0.25, -0.2) is 0 Å². The summed E-state index contributed by atoms with van der Waals surface area (Å²) in [5.74, 6) is 0.918. The van der Waals surface area contributed by atoms with Gasteiger partial charge in [-0.2, -0.15) is 0 Å². The summed E-state index contributed by atoms with van der Waals surface area (Å²) >= 11 is 0. The van der Waals surface area contributed by atoms with Crippen LogP contribution in [0.4, 0.5) is 0 Å². The van der Waals surface area contributed by atoms with Crippen molar-refractivity contribution in [1.29, 1.82) is 0 Å². The Kier molecular flexibility index (Phi) is 7.08. The average molecular weight is 398 g/mol. The van der Waals surface area contributed by atoms with Gasteiger partial charge in [-0.3, -0.25) is 9.59 Å². The minimum Gasteiger partial charge on any atom is -0.493 e. The van der Waals surface area contributed by atoms with E-state index in [1.54, 1.807) is 19.1 Å². The summed E-state index contributed by atoms with van der Waals surface area (Å²) in [7, 11) is 3.18. The van der Waals surface area contributed by atoms with E-state index in [1.807, 2.05) is 48.5 Å². The zero-order valence-corrected chi connectivity index (χ0v) is 16.7. The van der Waals surface area contributed by atoms with E-state index < -0.39 is 6.04 Å². The Morgan fingerprint density at radius 2 is 1.86 bits per heavy atom. The lowest BCUT2D eigenvalue weighted by Crippen LogP contribution is -2.56. The molecule has 1 fully saturated rings. The monoisotopic (exact) mass is 398 g/mol. The van der Waals surface area contributed by atoms with Gasteiger partial charge >= 0.3 is 0 Å². The van der Waals surface area contributed by atoms with Crippen molar-refractivity contribution in [2.45, 2.75) is 19.0 Å². The first-order chi connectivity index (χ1) is 14.1. The first-order valence-corrected chi connectivity index (χ1v) is 9.52. The number of carbonyl (C=O) groups is 2. The molecule has 1 heterocycles. The summed E-state index contributed by atoms with van der Waals surface area (Å²) in [6.07, 6.45) is 0.631. The molecule has 1 N–H and O–H groups in total. The van der Waals surface area contributed by atoms with E-state index in [2.05, 4.69) is 5.32 Å². The quantitative estimate of drug-likeness (QED) is 0.734. The molecule has 2 amide bonds. The molecule has 2 aromatic carbocycles. The van der Waals surface area contributed by atoms with Gasteiger partial charge < -0.3 is 24.4 Å². The van der Waals surface area contributed by atoms with Crippen LogP contribution >= 0.6 is 0 Å².